The van der Waals surface area contributed by atoms with E-state index in [2.05, 4.69) is 99.8 Å². The molecule has 3 heterocycles. The normalized spacial score (nSPS) is 15.3. The summed E-state index contributed by atoms with van der Waals surface area (Å²) in [4.78, 5) is 23.3. The molecule has 204 valence electrons. The summed E-state index contributed by atoms with van der Waals surface area (Å²) in [5, 5.41) is 2.15. The molecule has 4 N–H and O–H groups in total. The van der Waals surface area contributed by atoms with Crippen LogP contribution in [0.1, 0.15) is 47.8 Å². The van der Waals surface area contributed by atoms with Gasteiger partial charge < -0.3 is 20.6 Å². The molecule has 0 bridgehead atoms. The van der Waals surface area contributed by atoms with E-state index in [4.69, 9.17) is 5.73 Å². The van der Waals surface area contributed by atoms with E-state index in [0.717, 1.165) is 62.8 Å². The van der Waals surface area contributed by atoms with Crippen molar-refractivity contribution in [3.8, 4) is 11.3 Å². The quantitative estimate of drug-likeness (QED) is 0.195. The number of primary amides is 1. The second-order valence-electron chi connectivity index (χ2n) is 11.1. The van der Waals surface area contributed by atoms with Crippen LogP contribution in [0.15, 0.2) is 109 Å². The van der Waals surface area contributed by atoms with Gasteiger partial charge in [0.05, 0.1) is 11.6 Å². The predicted octanol–water partition coefficient (Wildman–Crippen LogP) is 7.71. The number of fused-ring (bicyclic) bond motifs is 2. The Bertz CT molecular complexity index is 1830. The molecule has 1 aliphatic rings. The molecule has 5 nitrogen and oxygen atoms in total. The van der Waals surface area contributed by atoms with Gasteiger partial charge in [-0.1, -0.05) is 72.8 Å². The number of para-hydroxylation sites is 2. The number of benzene rings is 4. The van der Waals surface area contributed by atoms with Crippen LogP contribution in [0, 0.1) is 0 Å². The second-order valence-corrected chi connectivity index (χ2v) is 11.1. The van der Waals surface area contributed by atoms with Gasteiger partial charge in [-0.25, -0.2) is 0 Å². The lowest BCUT2D eigenvalue weighted by atomic mass is 9.74. The van der Waals surface area contributed by atoms with E-state index in [0.29, 0.717) is 0 Å². The van der Waals surface area contributed by atoms with Crippen LogP contribution in [0.25, 0.3) is 33.1 Å². The minimum Gasteiger partial charge on any atom is -0.371 e. The molecule has 41 heavy (non-hydrogen) atoms. The maximum absolute atomic E-state index is 13.9. The van der Waals surface area contributed by atoms with Gasteiger partial charge in [0.25, 0.3) is 0 Å². The number of carbonyl (C=O) groups excluding carboxylic acids is 1. The number of carbonyl (C=O) groups is 1. The van der Waals surface area contributed by atoms with Gasteiger partial charge in [-0.05, 0) is 71.8 Å². The lowest BCUT2D eigenvalue weighted by molar-refractivity contribution is -0.119. The molecule has 1 fully saturated rings. The van der Waals surface area contributed by atoms with E-state index >= 15 is 0 Å². The van der Waals surface area contributed by atoms with E-state index < -0.39 is 5.92 Å². The molecule has 1 saturated heterocycles. The highest BCUT2D eigenvalue weighted by molar-refractivity contribution is 5.99. The number of rotatable bonds is 7. The molecular weight excluding hydrogens is 504 g/mol. The molecule has 5 heteroatoms. The van der Waals surface area contributed by atoms with E-state index in [-0.39, 0.29) is 11.8 Å². The smallest absolute Gasteiger partial charge is 0.226 e. The zero-order valence-corrected chi connectivity index (χ0v) is 23.0. The predicted molar refractivity (Wildman–Crippen MR) is 168 cm³/mol. The highest BCUT2D eigenvalue weighted by atomic mass is 16.1. The number of aromatic amines is 2. The molecule has 6 aromatic rings. The highest BCUT2D eigenvalue weighted by Crippen LogP contribution is 2.47. The van der Waals surface area contributed by atoms with Crippen molar-refractivity contribution in [2.45, 2.75) is 31.1 Å². The van der Waals surface area contributed by atoms with Gasteiger partial charge in [0.15, 0.2) is 0 Å². The summed E-state index contributed by atoms with van der Waals surface area (Å²) < 4.78 is 0. The van der Waals surface area contributed by atoms with Gasteiger partial charge in [-0.3, -0.25) is 4.79 Å². The fraction of sp³-hybridized carbons (Fsp3) is 0.194. The molecule has 2 aromatic heterocycles. The summed E-state index contributed by atoms with van der Waals surface area (Å²) in [6.07, 6.45) is 5.57. The Morgan fingerprint density at radius 1 is 0.780 bits per heavy atom. The number of hydrogen-bond acceptors (Lipinski definition) is 2. The second kappa shape index (κ2) is 10.7. The van der Waals surface area contributed by atoms with Gasteiger partial charge in [0.1, 0.15) is 0 Å². The zero-order valence-electron chi connectivity index (χ0n) is 23.0. The van der Waals surface area contributed by atoms with Crippen LogP contribution < -0.4 is 10.6 Å². The van der Waals surface area contributed by atoms with Crippen molar-refractivity contribution in [1.82, 2.24) is 9.97 Å². The van der Waals surface area contributed by atoms with E-state index in [1.54, 1.807) is 0 Å². The fourth-order valence-corrected chi connectivity index (χ4v) is 6.78. The molecule has 0 radical (unpaired) electrons. The number of piperidine rings is 1. The number of aromatic nitrogens is 2. The summed E-state index contributed by atoms with van der Waals surface area (Å²) in [5.74, 6) is -1.20. The molecule has 1 amide bonds. The van der Waals surface area contributed by atoms with Crippen LogP contribution in [-0.2, 0) is 4.79 Å². The number of nitrogens with zero attached hydrogens (tertiary/aromatic N) is 1. The molecule has 7 rings (SSSR count). The number of amides is 1. The molecule has 2 atom stereocenters. The lowest BCUT2D eigenvalue weighted by Gasteiger charge is -2.35. The van der Waals surface area contributed by atoms with E-state index in [9.17, 15) is 4.79 Å². The maximum atomic E-state index is 13.9. The van der Waals surface area contributed by atoms with Crippen molar-refractivity contribution in [2.24, 2.45) is 5.73 Å². The minimum atomic E-state index is -0.601. The largest absolute Gasteiger partial charge is 0.371 e. The molecule has 0 spiro atoms. The first-order valence-electron chi connectivity index (χ1n) is 14.6. The SMILES string of the molecule is NC(=O)C(c1c(-c2ccc3[nH]ccc3c2)[nH]c2ccccc12)C(c1ccccc1)c1ccccc1N1CCCCC1. The summed E-state index contributed by atoms with van der Waals surface area (Å²) in [6.45, 7) is 2.05. The third-order valence-corrected chi connectivity index (χ3v) is 8.67. The summed E-state index contributed by atoms with van der Waals surface area (Å²) in [5.41, 5.74) is 14.9. The number of anilines is 1. The Balaban J connectivity index is 1.49. The number of hydrogen-bond donors (Lipinski definition) is 3. The van der Waals surface area contributed by atoms with Crippen LogP contribution in [0.4, 0.5) is 5.69 Å². The van der Waals surface area contributed by atoms with Crippen molar-refractivity contribution < 1.29 is 4.79 Å². The van der Waals surface area contributed by atoms with Crippen LogP contribution in [0.5, 0.6) is 0 Å². The van der Waals surface area contributed by atoms with Crippen LogP contribution in [0.3, 0.4) is 0 Å². The average molecular weight is 539 g/mol. The van der Waals surface area contributed by atoms with Gasteiger partial charge in [0, 0.05) is 52.7 Å². The van der Waals surface area contributed by atoms with Crippen molar-refractivity contribution in [2.75, 3.05) is 18.0 Å². The van der Waals surface area contributed by atoms with Gasteiger partial charge >= 0.3 is 0 Å². The van der Waals surface area contributed by atoms with Crippen molar-refractivity contribution >= 4 is 33.4 Å². The summed E-state index contributed by atoms with van der Waals surface area (Å²) in [6, 6.07) is 35.7. The molecule has 4 aromatic carbocycles. The number of H-pyrrole nitrogens is 2. The van der Waals surface area contributed by atoms with Crippen molar-refractivity contribution in [1.29, 1.82) is 0 Å². The lowest BCUT2D eigenvalue weighted by Crippen LogP contribution is -2.33. The maximum Gasteiger partial charge on any atom is 0.226 e. The van der Waals surface area contributed by atoms with Gasteiger partial charge in [-0.2, -0.15) is 0 Å². The Labute approximate surface area is 240 Å². The Morgan fingerprint density at radius 3 is 2.37 bits per heavy atom. The van der Waals surface area contributed by atoms with E-state index in [1.807, 2.05) is 24.4 Å². The molecule has 0 saturated carbocycles. The van der Waals surface area contributed by atoms with Crippen molar-refractivity contribution in [3.05, 3.63) is 126 Å². The standard InChI is InChI=1S/C36H34N4O/c37-36(41)34(32(24-11-3-1-4-12-24)28-14-6-8-16-31(28)40-21-9-2-10-22-40)33-27-13-5-7-15-30(27)39-35(33)26-17-18-29-25(23-26)19-20-38-29/h1,3-8,11-20,23,32,34,38-39H,2,9-10,21-22H2,(H2,37,41). The topological polar surface area (TPSA) is 77.9 Å². The third kappa shape index (κ3) is 4.57. The highest BCUT2D eigenvalue weighted by Gasteiger charge is 2.37. The molecule has 0 aliphatic carbocycles. The average Bonchev–Trinajstić information content (AvgIpc) is 3.65. The Kier molecular flexibility index (Phi) is 6.56. The molecule has 2 unspecified atom stereocenters. The van der Waals surface area contributed by atoms with Crippen molar-refractivity contribution in [3.63, 3.8) is 0 Å². The molecular formula is C36H34N4O. The van der Waals surface area contributed by atoms with Crippen LogP contribution in [0.2, 0.25) is 0 Å². The first kappa shape index (κ1) is 25.2. The van der Waals surface area contributed by atoms with Gasteiger partial charge in [-0.15, -0.1) is 0 Å². The Morgan fingerprint density at radius 2 is 1.54 bits per heavy atom. The summed E-state index contributed by atoms with van der Waals surface area (Å²) in [7, 11) is 0. The first-order valence-corrected chi connectivity index (χ1v) is 14.6. The van der Waals surface area contributed by atoms with Crippen LogP contribution in [-0.4, -0.2) is 29.0 Å². The number of nitrogens with two attached hydrogens (primary N) is 1. The third-order valence-electron chi connectivity index (χ3n) is 8.67. The molecule has 1 aliphatic heterocycles. The van der Waals surface area contributed by atoms with Crippen LogP contribution >= 0.6 is 0 Å². The zero-order chi connectivity index (χ0) is 27.8. The minimum absolute atomic E-state index is 0.263. The monoisotopic (exact) mass is 538 g/mol. The first-order chi connectivity index (χ1) is 20.2. The van der Waals surface area contributed by atoms with Gasteiger partial charge in [0.2, 0.25) is 5.91 Å². The van der Waals surface area contributed by atoms with E-state index in [1.165, 1.54) is 24.9 Å². The summed E-state index contributed by atoms with van der Waals surface area (Å²) >= 11 is 0. The Hall–Kier alpha value is -4.77. The fourth-order valence-electron chi connectivity index (χ4n) is 6.78. The number of nitrogens with one attached hydrogen (secondary N) is 2.